The van der Waals surface area contributed by atoms with E-state index in [9.17, 15) is 24.9 Å². The first-order valence-corrected chi connectivity index (χ1v) is 13.3. The maximum atomic E-state index is 13.1. The van der Waals surface area contributed by atoms with Gasteiger partial charge in [0.2, 0.25) is 0 Å². The summed E-state index contributed by atoms with van der Waals surface area (Å²) in [6.45, 7) is 5.81. The van der Waals surface area contributed by atoms with Crippen LogP contribution in [0.4, 0.5) is 0 Å². The summed E-state index contributed by atoms with van der Waals surface area (Å²) in [4.78, 5) is 25.9. The van der Waals surface area contributed by atoms with Crippen molar-refractivity contribution in [2.45, 2.75) is 94.1 Å². The van der Waals surface area contributed by atoms with Crippen LogP contribution >= 0.6 is 0 Å². The molecule has 0 aromatic heterocycles. The molecule has 11 heteroatoms. The molecule has 3 saturated heterocycles. The SMILES string of the molecule is C[C@@H]1CCOC(O)/C=C/C=C\C(=O)OC2C[C@H]3O[C@@H]4[C@@H]5O[C@]5(C)[C@H](O)C[C@]4(COC(=O)[C@H]1O)[C@]2(C)[C@]31CO1. The van der Waals surface area contributed by atoms with Gasteiger partial charge in [-0.1, -0.05) is 26.0 Å². The van der Waals surface area contributed by atoms with E-state index in [4.69, 9.17) is 28.4 Å². The molecule has 11 nitrogen and oxygen atoms in total. The quantitative estimate of drug-likeness (QED) is 0.286. The lowest BCUT2D eigenvalue weighted by molar-refractivity contribution is -0.261. The highest BCUT2D eigenvalue weighted by Crippen LogP contribution is 2.75. The van der Waals surface area contributed by atoms with E-state index in [1.165, 1.54) is 24.3 Å². The summed E-state index contributed by atoms with van der Waals surface area (Å²) >= 11 is 0. The highest BCUT2D eigenvalue weighted by Gasteiger charge is 2.87. The third-order valence-corrected chi connectivity index (χ3v) is 10.2. The molecule has 2 saturated carbocycles. The van der Waals surface area contributed by atoms with Gasteiger partial charge in [-0.3, -0.25) is 0 Å². The lowest BCUT2D eigenvalue weighted by Gasteiger charge is -2.59. The minimum absolute atomic E-state index is 0.0907. The second-order valence-electron chi connectivity index (χ2n) is 12.0. The van der Waals surface area contributed by atoms with Gasteiger partial charge >= 0.3 is 11.9 Å². The van der Waals surface area contributed by atoms with Crippen LogP contribution in [0.2, 0.25) is 0 Å². The van der Waals surface area contributed by atoms with E-state index in [1.807, 2.05) is 13.8 Å². The number of aliphatic hydroxyl groups is 3. The molecular formula is C27H36O11. The van der Waals surface area contributed by atoms with Crippen molar-refractivity contribution < 1.29 is 53.3 Å². The molecule has 6 rings (SSSR count). The molecule has 0 radical (unpaired) electrons. The van der Waals surface area contributed by atoms with Crippen molar-refractivity contribution in [2.75, 3.05) is 19.8 Å². The minimum Gasteiger partial charge on any atom is -0.463 e. The molecule has 2 bridgehead atoms. The number of carbonyl (C=O) groups is 2. The van der Waals surface area contributed by atoms with Gasteiger partial charge in [-0.05, 0) is 31.8 Å². The number of hydrogen-bond acceptors (Lipinski definition) is 11. The van der Waals surface area contributed by atoms with E-state index < -0.39 is 76.7 Å². The zero-order valence-electron chi connectivity index (χ0n) is 21.8. The third-order valence-electron chi connectivity index (χ3n) is 10.2. The lowest BCUT2D eigenvalue weighted by Crippen LogP contribution is -2.71. The zero-order valence-corrected chi connectivity index (χ0v) is 21.8. The monoisotopic (exact) mass is 536 g/mol. The average Bonchev–Trinajstić information content (AvgIpc) is 3.78. The Balaban J connectivity index is 1.39. The van der Waals surface area contributed by atoms with E-state index in [0.717, 1.165) is 0 Å². The smallest absolute Gasteiger partial charge is 0.335 e. The maximum absolute atomic E-state index is 13.1. The van der Waals surface area contributed by atoms with Gasteiger partial charge < -0.3 is 43.7 Å². The number of rotatable bonds is 0. The standard InChI is InChI=1S/C27H36O11/c1-14-8-9-33-18(29)6-4-5-7-19(30)36-16-10-17-27(13-35-27)25(16,3)26(12-34-23(32)20(14)31)11-15(28)24(2)21(38-24)22(26)37-17/h4-7,14-18,20-22,28-29,31H,8-13H2,1-3H3/b6-4+,7-5-/t14-,15-,16?,17-,18?,20+,21+,22-,24-,25-,26-,27+/m1/s1. The van der Waals surface area contributed by atoms with E-state index in [2.05, 4.69) is 0 Å². The fraction of sp³-hybridized carbons (Fsp3) is 0.778. The summed E-state index contributed by atoms with van der Waals surface area (Å²) in [5.74, 6) is -1.89. The highest BCUT2D eigenvalue weighted by atomic mass is 16.7. The Kier molecular flexibility index (Phi) is 6.12. The molecule has 210 valence electrons. The van der Waals surface area contributed by atoms with Crippen LogP contribution in [0.25, 0.3) is 0 Å². The number of hydrogen-bond donors (Lipinski definition) is 3. The fourth-order valence-corrected chi connectivity index (χ4v) is 7.44. The van der Waals surface area contributed by atoms with Crippen molar-refractivity contribution in [3.63, 3.8) is 0 Å². The van der Waals surface area contributed by atoms with Crippen LogP contribution in [0, 0.1) is 16.7 Å². The molecule has 0 amide bonds. The lowest BCUT2D eigenvalue weighted by atomic mass is 9.49. The van der Waals surface area contributed by atoms with Crippen LogP contribution in [0.3, 0.4) is 0 Å². The first-order valence-electron chi connectivity index (χ1n) is 13.3. The summed E-state index contributed by atoms with van der Waals surface area (Å²) in [6.07, 6.45) is 0.926. The molecule has 4 heterocycles. The van der Waals surface area contributed by atoms with Gasteiger partial charge in [0, 0.05) is 17.9 Å². The van der Waals surface area contributed by atoms with E-state index in [-0.39, 0.29) is 25.7 Å². The van der Waals surface area contributed by atoms with Crippen molar-refractivity contribution in [2.24, 2.45) is 16.7 Å². The minimum atomic E-state index is -1.42. The number of aliphatic hydroxyl groups excluding tert-OH is 3. The molecule has 12 atom stereocenters. The zero-order chi connectivity index (χ0) is 27.1. The summed E-state index contributed by atoms with van der Waals surface area (Å²) in [7, 11) is 0. The van der Waals surface area contributed by atoms with Gasteiger partial charge in [0.25, 0.3) is 0 Å². The number of ether oxygens (including phenoxy) is 6. The van der Waals surface area contributed by atoms with Crippen LogP contribution in [-0.2, 0) is 38.0 Å². The molecule has 2 spiro atoms. The second-order valence-corrected chi connectivity index (χ2v) is 12.0. The number of cyclic esters (lactones) is 1. The average molecular weight is 537 g/mol. The van der Waals surface area contributed by atoms with Gasteiger partial charge in [-0.2, -0.15) is 0 Å². The van der Waals surface area contributed by atoms with E-state index >= 15 is 0 Å². The molecule has 3 N–H and O–H groups in total. The number of esters is 2. The molecule has 2 aliphatic carbocycles. The van der Waals surface area contributed by atoms with Crippen molar-refractivity contribution >= 4 is 11.9 Å². The van der Waals surface area contributed by atoms with Crippen molar-refractivity contribution in [1.82, 2.24) is 0 Å². The van der Waals surface area contributed by atoms with Crippen LogP contribution in [0.1, 0.15) is 40.0 Å². The topological polar surface area (TPSA) is 157 Å². The molecule has 5 fully saturated rings. The van der Waals surface area contributed by atoms with Crippen molar-refractivity contribution in [3.05, 3.63) is 24.3 Å². The van der Waals surface area contributed by atoms with Gasteiger partial charge in [0.05, 0.1) is 36.9 Å². The maximum Gasteiger partial charge on any atom is 0.335 e. The molecule has 2 unspecified atom stereocenters. The molecule has 0 aromatic rings. The Labute approximate surface area is 220 Å². The largest absolute Gasteiger partial charge is 0.463 e. The molecule has 6 aliphatic rings. The fourth-order valence-electron chi connectivity index (χ4n) is 7.44. The van der Waals surface area contributed by atoms with Gasteiger partial charge in [0.1, 0.15) is 30.0 Å². The molecule has 38 heavy (non-hydrogen) atoms. The van der Waals surface area contributed by atoms with Crippen LogP contribution in [0.5, 0.6) is 0 Å². The van der Waals surface area contributed by atoms with Crippen LogP contribution in [-0.4, -0.2) is 101 Å². The van der Waals surface area contributed by atoms with Gasteiger partial charge in [-0.15, -0.1) is 0 Å². The van der Waals surface area contributed by atoms with Crippen LogP contribution < -0.4 is 0 Å². The number of carbonyl (C=O) groups excluding carboxylic acids is 2. The molecule has 0 aromatic carbocycles. The second kappa shape index (κ2) is 8.82. The van der Waals surface area contributed by atoms with Gasteiger partial charge in [-0.25, -0.2) is 9.59 Å². The Morgan fingerprint density at radius 2 is 1.79 bits per heavy atom. The number of allylic oxidation sites excluding steroid dienone is 2. The summed E-state index contributed by atoms with van der Waals surface area (Å²) in [6, 6.07) is 0. The first kappa shape index (κ1) is 26.4. The van der Waals surface area contributed by atoms with E-state index in [1.54, 1.807) is 6.92 Å². The van der Waals surface area contributed by atoms with Crippen molar-refractivity contribution in [3.8, 4) is 0 Å². The Morgan fingerprint density at radius 1 is 1.03 bits per heavy atom. The summed E-state index contributed by atoms with van der Waals surface area (Å²) < 4.78 is 35.8. The summed E-state index contributed by atoms with van der Waals surface area (Å²) in [5.41, 5.74) is -3.42. The van der Waals surface area contributed by atoms with E-state index in [0.29, 0.717) is 19.4 Å². The predicted octanol–water partition coefficient (Wildman–Crippen LogP) is 0.144. The highest BCUT2D eigenvalue weighted by molar-refractivity contribution is 5.82. The number of epoxide rings is 2. The van der Waals surface area contributed by atoms with Crippen molar-refractivity contribution in [1.29, 1.82) is 0 Å². The molecule has 4 aliphatic heterocycles. The number of fused-ring (bicyclic) bond motifs is 2. The third kappa shape index (κ3) is 3.59. The normalized spacial score (nSPS) is 55.9. The summed E-state index contributed by atoms with van der Waals surface area (Å²) in [5, 5.41) is 31.9. The Bertz CT molecular complexity index is 1050. The van der Waals surface area contributed by atoms with Gasteiger partial charge in [0.15, 0.2) is 12.4 Å². The predicted molar refractivity (Wildman–Crippen MR) is 127 cm³/mol. The molecular weight excluding hydrogens is 500 g/mol. The Hall–Kier alpha value is -1.86. The first-order chi connectivity index (χ1) is 18.0. The Morgan fingerprint density at radius 3 is 2.53 bits per heavy atom. The van der Waals surface area contributed by atoms with Crippen LogP contribution in [0.15, 0.2) is 24.3 Å².